The Labute approximate surface area is 247 Å². The monoisotopic (exact) mass is 576 g/mol. The van der Waals surface area contributed by atoms with Crippen LogP contribution in [0.3, 0.4) is 0 Å². The molecule has 1 amide bonds. The number of ketones is 1. The quantitative estimate of drug-likeness (QED) is 0.123. The van der Waals surface area contributed by atoms with E-state index in [1.807, 2.05) is 38.1 Å². The van der Waals surface area contributed by atoms with Gasteiger partial charge >= 0.3 is 11.9 Å². The van der Waals surface area contributed by atoms with Crippen molar-refractivity contribution in [2.45, 2.75) is 64.5 Å². The summed E-state index contributed by atoms with van der Waals surface area (Å²) in [6, 6.07) is 6.76. The van der Waals surface area contributed by atoms with E-state index in [-0.39, 0.29) is 44.6 Å². The van der Waals surface area contributed by atoms with Crippen LogP contribution in [-0.4, -0.2) is 65.9 Å². The predicted molar refractivity (Wildman–Crippen MR) is 161 cm³/mol. The third-order valence-corrected chi connectivity index (χ3v) is 7.05. The van der Waals surface area contributed by atoms with Crippen LogP contribution in [0.4, 0.5) is 0 Å². The number of hydrogen-bond acceptors (Lipinski definition) is 8. The average Bonchev–Trinajstić information content (AvgIpc) is 3.40. The van der Waals surface area contributed by atoms with Crippen LogP contribution >= 0.6 is 0 Å². The Kier molecular flexibility index (Phi) is 12.0. The van der Waals surface area contributed by atoms with Crippen molar-refractivity contribution in [3.05, 3.63) is 66.9 Å². The molecular weight excluding hydrogens is 536 g/mol. The van der Waals surface area contributed by atoms with Crippen molar-refractivity contribution in [2.24, 2.45) is 5.92 Å². The lowest BCUT2D eigenvalue weighted by atomic mass is 9.95. The molecule has 0 unspecified atom stereocenters. The molecule has 1 aliphatic rings. The number of ether oxygens (including phenoxy) is 3. The topological polar surface area (TPSA) is 112 Å². The van der Waals surface area contributed by atoms with Gasteiger partial charge in [-0.3, -0.25) is 14.4 Å². The second kappa shape index (κ2) is 15.7. The van der Waals surface area contributed by atoms with Gasteiger partial charge in [0.15, 0.2) is 5.78 Å². The van der Waals surface area contributed by atoms with Crippen LogP contribution in [0, 0.1) is 5.92 Å². The summed E-state index contributed by atoms with van der Waals surface area (Å²) < 4.78 is 16.6. The van der Waals surface area contributed by atoms with Crippen LogP contribution in [0.1, 0.15) is 57.9 Å². The number of likely N-dealkylation sites (tertiary alicyclic amines) is 1. The van der Waals surface area contributed by atoms with E-state index in [1.165, 1.54) is 18.1 Å². The maximum absolute atomic E-state index is 13.9. The van der Waals surface area contributed by atoms with Crippen LogP contribution in [0.5, 0.6) is 5.88 Å². The van der Waals surface area contributed by atoms with Gasteiger partial charge in [0.05, 0.1) is 26.7 Å². The smallest absolute Gasteiger partial charge is 0.328 e. The highest BCUT2D eigenvalue weighted by molar-refractivity contribution is 5.92. The molecule has 1 aromatic heterocycles. The second-order valence-electron chi connectivity index (χ2n) is 10.6. The van der Waals surface area contributed by atoms with Crippen LogP contribution in [0.15, 0.2) is 61.3 Å². The zero-order valence-corrected chi connectivity index (χ0v) is 24.7. The minimum absolute atomic E-state index is 0.0769. The van der Waals surface area contributed by atoms with Gasteiger partial charge in [-0.05, 0) is 62.3 Å². The fourth-order valence-corrected chi connectivity index (χ4v) is 4.96. The number of rotatable bonds is 15. The Morgan fingerprint density at radius 2 is 1.95 bits per heavy atom. The molecule has 2 aromatic rings. The number of methoxy groups -OCH3 is 1. The Balaban J connectivity index is 1.82. The molecule has 0 bridgehead atoms. The predicted octanol–water partition coefficient (Wildman–Crippen LogP) is 5.23. The maximum Gasteiger partial charge on any atom is 0.328 e. The molecule has 0 N–H and O–H groups in total. The summed E-state index contributed by atoms with van der Waals surface area (Å²) in [5, 5.41) is 1.71. The first-order chi connectivity index (χ1) is 20.2. The van der Waals surface area contributed by atoms with Crippen LogP contribution in [0.2, 0.25) is 0 Å². The summed E-state index contributed by atoms with van der Waals surface area (Å²) >= 11 is 0. The van der Waals surface area contributed by atoms with Gasteiger partial charge in [0.1, 0.15) is 12.1 Å². The molecule has 0 aliphatic carbocycles. The van der Waals surface area contributed by atoms with Gasteiger partial charge in [0.25, 0.3) is 0 Å². The van der Waals surface area contributed by atoms with Crippen molar-refractivity contribution in [2.75, 3.05) is 20.3 Å². The second-order valence-corrected chi connectivity index (χ2v) is 10.6. The molecular formula is C33H40N2O7. The first kappa shape index (κ1) is 32.2. The fraction of sp³-hybridized carbons (Fsp3) is 0.424. The first-order valence-electron chi connectivity index (χ1n) is 14.2. The van der Waals surface area contributed by atoms with Crippen molar-refractivity contribution in [1.29, 1.82) is 0 Å². The molecule has 1 aliphatic heterocycles. The zero-order valence-electron chi connectivity index (χ0n) is 24.7. The highest BCUT2D eigenvalue weighted by Gasteiger charge is 2.44. The number of allylic oxidation sites excluding steroid dienone is 3. The van der Waals surface area contributed by atoms with E-state index in [1.54, 1.807) is 18.3 Å². The van der Waals surface area contributed by atoms with E-state index < -0.39 is 35.9 Å². The van der Waals surface area contributed by atoms with E-state index in [4.69, 9.17) is 14.2 Å². The van der Waals surface area contributed by atoms with Crippen molar-refractivity contribution < 1.29 is 33.4 Å². The summed E-state index contributed by atoms with van der Waals surface area (Å²) in [5.74, 6) is -2.16. The Morgan fingerprint density at radius 1 is 1.17 bits per heavy atom. The number of amides is 1. The number of benzene rings is 1. The molecule has 3 atom stereocenters. The fourth-order valence-electron chi connectivity index (χ4n) is 4.96. The van der Waals surface area contributed by atoms with Gasteiger partial charge in [-0.15, -0.1) is 6.58 Å². The van der Waals surface area contributed by atoms with E-state index in [0.29, 0.717) is 18.7 Å². The highest BCUT2D eigenvalue weighted by atomic mass is 16.5. The van der Waals surface area contributed by atoms with Crippen molar-refractivity contribution in [3.8, 4) is 5.88 Å². The zero-order chi connectivity index (χ0) is 30.6. The minimum atomic E-state index is -0.911. The van der Waals surface area contributed by atoms with Crippen LogP contribution in [0.25, 0.3) is 16.8 Å². The molecule has 1 saturated heterocycles. The standard InChI is InChI=1S/C33H40N2O7/c1-6-8-9-16-41-30(37)19-25(12-13-26(36)17-22(3)4)32(38)35-21-27(20-29(35)33(39)40-5)42-31-28-18-23(7-2)10-11-24(28)14-15-34-31/h6-7,10-11,14-15,17-18,25,27,29H,1-2,8-9,12-13,16,19-21H2,3-5H3/t25-,27-,29+/m1/s1. The maximum atomic E-state index is 13.9. The number of aromatic nitrogens is 1. The van der Waals surface area contributed by atoms with Gasteiger partial charge in [-0.25, -0.2) is 9.78 Å². The number of carbonyl (C=O) groups excluding carboxylic acids is 4. The van der Waals surface area contributed by atoms with Gasteiger partial charge < -0.3 is 19.1 Å². The summed E-state index contributed by atoms with van der Waals surface area (Å²) in [6.45, 7) is 11.4. The molecule has 2 heterocycles. The summed E-state index contributed by atoms with van der Waals surface area (Å²) in [5.41, 5.74) is 1.75. The van der Waals surface area contributed by atoms with E-state index >= 15 is 0 Å². The summed E-state index contributed by atoms with van der Waals surface area (Å²) in [4.78, 5) is 57.6. The SMILES string of the molecule is C=CCCCOC(=O)C[C@@H](CCC(=O)C=C(C)C)C(=O)N1C[C@H](Oc2nccc3ccc(C=C)cc23)C[C@H]1C(=O)OC. The molecule has 1 fully saturated rings. The lowest BCUT2D eigenvalue weighted by Crippen LogP contribution is -2.45. The van der Waals surface area contributed by atoms with Gasteiger partial charge in [-0.1, -0.05) is 36.4 Å². The Hall–Kier alpha value is -4.27. The third-order valence-electron chi connectivity index (χ3n) is 7.05. The van der Waals surface area contributed by atoms with Gasteiger partial charge in [0, 0.05) is 30.3 Å². The normalized spacial score (nSPS) is 16.8. The molecule has 9 heteroatoms. The van der Waals surface area contributed by atoms with E-state index in [0.717, 1.165) is 21.9 Å². The van der Waals surface area contributed by atoms with E-state index in [2.05, 4.69) is 18.1 Å². The van der Waals surface area contributed by atoms with Crippen molar-refractivity contribution >= 4 is 40.5 Å². The molecule has 0 spiro atoms. The molecule has 3 rings (SSSR count). The number of unbranched alkanes of at least 4 members (excludes halogenated alkanes) is 1. The molecule has 224 valence electrons. The van der Waals surface area contributed by atoms with Crippen LogP contribution in [-0.2, 0) is 28.7 Å². The summed E-state index contributed by atoms with van der Waals surface area (Å²) in [6.07, 6.45) is 7.58. The largest absolute Gasteiger partial charge is 0.472 e. The summed E-state index contributed by atoms with van der Waals surface area (Å²) in [7, 11) is 1.26. The highest BCUT2D eigenvalue weighted by Crippen LogP contribution is 2.31. The number of pyridine rings is 1. The van der Waals surface area contributed by atoms with Crippen LogP contribution < -0.4 is 4.74 Å². The minimum Gasteiger partial charge on any atom is -0.472 e. The molecule has 42 heavy (non-hydrogen) atoms. The van der Waals surface area contributed by atoms with Crippen molar-refractivity contribution in [1.82, 2.24) is 9.88 Å². The lowest BCUT2D eigenvalue weighted by molar-refractivity contribution is -0.154. The number of hydrogen-bond donors (Lipinski definition) is 0. The van der Waals surface area contributed by atoms with Gasteiger partial charge in [0.2, 0.25) is 11.8 Å². The molecule has 9 nitrogen and oxygen atoms in total. The molecule has 1 aromatic carbocycles. The molecule has 0 saturated carbocycles. The number of esters is 2. The average molecular weight is 577 g/mol. The number of nitrogens with zero attached hydrogens (tertiary/aromatic N) is 2. The Bertz CT molecular complexity index is 1350. The Morgan fingerprint density at radius 3 is 2.64 bits per heavy atom. The van der Waals surface area contributed by atoms with Crippen molar-refractivity contribution in [3.63, 3.8) is 0 Å². The molecule has 0 radical (unpaired) electrons. The lowest BCUT2D eigenvalue weighted by Gasteiger charge is -2.27. The van der Waals surface area contributed by atoms with E-state index in [9.17, 15) is 19.2 Å². The van der Waals surface area contributed by atoms with Gasteiger partial charge in [-0.2, -0.15) is 0 Å². The third kappa shape index (κ3) is 8.86. The first-order valence-corrected chi connectivity index (χ1v) is 14.2. The number of carbonyl (C=O) groups is 4. The number of fused-ring (bicyclic) bond motifs is 1.